The number of nitrogens with zero attached hydrogens (tertiary/aromatic N) is 5. The van der Waals surface area contributed by atoms with Crippen molar-refractivity contribution in [2.24, 2.45) is 0 Å². The molecular formula is C22H23ClN6O2S. The molecule has 8 nitrogen and oxygen atoms in total. The highest BCUT2D eigenvalue weighted by Gasteiger charge is 2.20. The van der Waals surface area contributed by atoms with Crippen molar-refractivity contribution in [1.82, 2.24) is 30.1 Å². The molecule has 3 aromatic heterocycles. The summed E-state index contributed by atoms with van der Waals surface area (Å²) in [6.45, 7) is 0. The predicted octanol–water partition coefficient (Wildman–Crippen LogP) is 4.37. The van der Waals surface area contributed by atoms with Crippen LogP contribution in [0.25, 0.3) is 17.0 Å². The molecule has 1 amide bonds. The average Bonchev–Trinajstić information content (AvgIpc) is 3.44. The fourth-order valence-electron chi connectivity index (χ4n) is 3.34. The number of carbonyl (C=O) groups is 1. The van der Waals surface area contributed by atoms with Crippen molar-refractivity contribution in [3.05, 3.63) is 65.4 Å². The molecule has 1 atom stereocenters. The molecule has 4 rings (SSSR count). The molecule has 0 aliphatic carbocycles. The van der Waals surface area contributed by atoms with Gasteiger partial charge in [-0.05, 0) is 61.2 Å². The van der Waals surface area contributed by atoms with Gasteiger partial charge in [0.05, 0.1) is 6.04 Å². The summed E-state index contributed by atoms with van der Waals surface area (Å²) in [7, 11) is 0. The molecule has 0 aliphatic heterocycles. The number of benzene rings is 1. The maximum atomic E-state index is 12.6. The Morgan fingerprint density at radius 1 is 1.22 bits per heavy atom. The Balaban J connectivity index is 1.33. The first-order valence-corrected chi connectivity index (χ1v) is 12.1. The van der Waals surface area contributed by atoms with E-state index in [1.807, 2.05) is 47.2 Å². The standard InChI is InChI=1S/C22H23ClN6O2S/c1-32-14-12-17(22-27-26-18-5-2-3-13-29(18)22)24-19(30)6-4-7-20-25-21(28-31-20)15-8-10-16(23)11-9-15/h2-3,5,8-11,13,17H,4,6-7,12,14H2,1H3,(H,24,30). The number of amides is 1. The van der Waals surface area contributed by atoms with Crippen molar-refractivity contribution in [3.8, 4) is 11.4 Å². The van der Waals surface area contributed by atoms with Crippen molar-refractivity contribution in [3.63, 3.8) is 0 Å². The number of nitrogens with one attached hydrogen (secondary N) is 1. The van der Waals surface area contributed by atoms with Crippen LogP contribution in [0.1, 0.15) is 37.0 Å². The maximum Gasteiger partial charge on any atom is 0.226 e. The summed E-state index contributed by atoms with van der Waals surface area (Å²) in [4.78, 5) is 17.0. The molecule has 4 aromatic rings. The van der Waals surface area contributed by atoms with Crippen molar-refractivity contribution >= 4 is 34.9 Å². The number of hydrogen-bond acceptors (Lipinski definition) is 7. The largest absolute Gasteiger partial charge is 0.346 e. The van der Waals surface area contributed by atoms with Gasteiger partial charge >= 0.3 is 0 Å². The zero-order valence-electron chi connectivity index (χ0n) is 17.6. The third-order valence-corrected chi connectivity index (χ3v) is 5.86. The van der Waals surface area contributed by atoms with E-state index in [1.165, 1.54) is 0 Å². The minimum atomic E-state index is -0.202. The highest BCUT2D eigenvalue weighted by atomic mass is 35.5. The minimum absolute atomic E-state index is 0.0405. The Labute approximate surface area is 194 Å². The molecule has 1 aromatic carbocycles. The van der Waals surface area contributed by atoms with E-state index in [1.54, 1.807) is 23.9 Å². The number of aromatic nitrogens is 5. The third-order valence-electron chi connectivity index (χ3n) is 4.96. The van der Waals surface area contributed by atoms with Crippen LogP contribution in [0.15, 0.2) is 53.2 Å². The number of aryl methyl sites for hydroxylation is 1. The zero-order chi connectivity index (χ0) is 22.3. The molecule has 0 saturated carbocycles. The van der Waals surface area contributed by atoms with Gasteiger partial charge in [-0.3, -0.25) is 9.20 Å². The molecule has 1 N–H and O–H groups in total. The molecule has 10 heteroatoms. The number of halogens is 1. The van der Waals surface area contributed by atoms with E-state index >= 15 is 0 Å². The van der Waals surface area contributed by atoms with Crippen molar-refractivity contribution in [1.29, 1.82) is 0 Å². The lowest BCUT2D eigenvalue weighted by Crippen LogP contribution is -2.30. The van der Waals surface area contributed by atoms with Crippen LogP contribution in [0.3, 0.4) is 0 Å². The Morgan fingerprint density at radius 3 is 2.88 bits per heavy atom. The summed E-state index contributed by atoms with van der Waals surface area (Å²) < 4.78 is 7.24. The van der Waals surface area contributed by atoms with E-state index in [4.69, 9.17) is 16.1 Å². The molecule has 3 heterocycles. The van der Waals surface area contributed by atoms with Gasteiger partial charge in [-0.25, -0.2) is 0 Å². The second-order valence-corrected chi connectivity index (χ2v) is 8.68. The molecule has 166 valence electrons. The number of hydrogen-bond donors (Lipinski definition) is 1. The van der Waals surface area contributed by atoms with Crippen molar-refractivity contribution in [2.45, 2.75) is 31.7 Å². The molecule has 0 saturated heterocycles. The van der Waals surface area contributed by atoms with Gasteiger partial charge in [0.15, 0.2) is 11.5 Å². The molecule has 0 radical (unpaired) electrons. The fourth-order valence-corrected chi connectivity index (χ4v) is 3.94. The van der Waals surface area contributed by atoms with Crippen LogP contribution in [0.2, 0.25) is 5.02 Å². The lowest BCUT2D eigenvalue weighted by molar-refractivity contribution is -0.122. The predicted molar refractivity (Wildman–Crippen MR) is 125 cm³/mol. The number of thioether (sulfide) groups is 1. The van der Waals surface area contributed by atoms with Crippen LogP contribution in [0.4, 0.5) is 0 Å². The monoisotopic (exact) mass is 470 g/mol. The van der Waals surface area contributed by atoms with E-state index in [-0.39, 0.29) is 11.9 Å². The summed E-state index contributed by atoms with van der Waals surface area (Å²) in [6.07, 6.45) is 6.21. The maximum absolute atomic E-state index is 12.6. The van der Waals surface area contributed by atoms with Crippen LogP contribution in [-0.2, 0) is 11.2 Å². The summed E-state index contributed by atoms with van der Waals surface area (Å²) in [5, 5.41) is 16.3. The second-order valence-electron chi connectivity index (χ2n) is 7.26. The van der Waals surface area contributed by atoms with Gasteiger partial charge < -0.3 is 9.84 Å². The fraction of sp³-hybridized carbons (Fsp3) is 0.318. The van der Waals surface area contributed by atoms with Gasteiger partial charge in [-0.15, -0.1) is 10.2 Å². The van der Waals surface area contributed by atoms with Gasteiger partial charge in [-0.1, -0.05) is 22.8 Å². The van der Waals surface area contributed by atoms with Crippen LogP contribution in [0, 0.1) is 0 Å². The van der Waals surface area contributed by atoms with E-state index in [0.717, 1.165) is 29.2 Å². The van der Waals surface area contributed by atoms with Gasteiger partial charge in [-0.2, -0.15) is 16.7 Å². The van der Waals surface area contributed by atoms with Crippen molar-refractivity contribution in [2.75, 3.05) is 12.0 Å². The van der Waals surface area contributed by atoms with Crippen LogP contribution >= 0.6 is 23.4 Å². The Hall–Kier alpha value is -2.91. The molecule has 0 spiro atoms. The minimum Gasteiger partial charge on any atom is -0.346 e. The smallest absolute Gasteiger partial charge is 0.226 e. The number of fused-ring (bicyclic) bond motifs is 1. The summed E-state index contributed by atoms with van der Waals surface area (Å²) in [6, 6.07) is 12.8. The molecular weight excluding hydrogens is 448 g/mol. The van der Waals surface area contributed by atoms with Gasteiger partial charge in [0.2, 0.25) is 17.6 Å². The molecule has 1 unspecified atom stereocenters. The van der Waals surface area contributed by atoms with Gasteiger partial charge in [0.25, 0.3) is 0 Å². The van der Waals surface area contributed by atoms with Crippen LogP contribution < -0.4 is 5.32 Å². The lowest BCUT2D eigenvalue weighted by atomic mass is 10.1. The molecule has 32 heavy (non-hydrogen) atoms. The van der Waals surface area contributed by atoms with Crippen molar-refractivity contribution < 1.29 is 9.32 Å². The number of pyridine rings is 1. The molecule has 0 fully saturated rings. The quantitative estimate of drug-likeness (QED) is 0.367. The van der Waals surface area contributed by atoms with Gasteiger partial charge in [0.1, 0.15) is 0 Å². The SMILES string of the molecule is CSCCC(NC(=O)CCCc1nc(-c2ccc(Cl)cc2)no1)c1nnc2ccccn12. The Morgan fingerprint density at radius 2 is 2.06 bits per heavy atom. The normalized spacial score (nSPS) is 12.2. The number of carbonyl (C=O) groups excluding carboxylic acids is 1. The van der Waals surface area contributed by atoms with E-state index in [9.17, 15) is 4.79 Å². The van der Waals surface area contributed by atoms with Crippen LogP contribution in [0.5, 0.6) is 0 Å². The molecule has 0 bridgehead atoms. The van der Waals surface area contributed by atoms with Gasteiger partial charge in [0, 0.05) is 29.6 Å². The average molecular weight is 471 g/mol. The first-order chi connectivity index (χ1) is 15.6. The summed E-state index contributed by atoms with van der Waals surface area (Å²) >= 11 is 7.65. The lowest BCUT2D eigenvalue weighted by Gasteiger charge is -2.17. The Kier molecular flexibility index (Phi) is 7.39. The van der Waals surface area contributed by atoms with E-state index in [2.05, 4.69) is 25.7 Å². The highest BCUT2D eigenvalue weighted by Crippen LogP contribution is 2.20. The highest BCUT2D eigenvalue weighted by molar-refractivity contribution is 7.98. The second kappa shape index (κ2) is 10.6. The summed E-state index contributed by atoms with van der Waals surface area (Å²) in [5.74, 6) is 2.62. The zero-order valence-corrected chi connectivity index (χ0v) is 19.1. The number of rotatable bonds is 10. The van der Waals surface area contributed by atoms with E-state index < -0.39 is 0 Å². The third kappa shape index (κ3) is 5.46. The first kappa shape index (κ1) is 22.3. The topological polar surface area (TPSA) is 98.2 Å². The molecule has 0 aliphatic rings. The van der Waals surface area contributed by atoms with Crippen LogP contribution in [-0.4, -0.2) is 42.7 Å². The summed E-state index contributed by atoms with van der Waals surface area (Å²) in [5.41, 5.74) is 1.60. The first-order valence-electron chi connectivity index (χ1n) is 10.3. The van der Waals surface area contributed by atoms with E-state index in [0.29, 0.717) is 36.0 Å². The Bertz CT molecular complexity index is 1180.